The van der Waals surface area contributed by atoms with E-state index in [0.29, 0.717) is 37.9 Å². The van der Waals surface area contributed by atoms with Gasteiger partial charge in [0.15, 0.2) is 5.16 Å². The number of nitrogens with one attached hydrogen (secondary N) is 1. The summed E-state index contributed by atoms with van der Waals surface area (Å²) in [7, 11) is 0. The lowest BCUT2D eigenvalue weighted by Gasteiger charge is -2.02. The van der Waals surface area contributed by atoms with Gasteiger partial charge in [-0.05, 0) is 24.6 Å². The fourth-order valence-corrected chi connectivity index (χ4v) is 5.30. The summed E-state index contributed by atoms with van der Waals surface area (Å²) in [5.41, 5.74) is 2.58. The van der Waals surface area contributed by atoms with Crippen LogP contribution >= 0.6 is 34.7 Å². The van der Waals surface area contributed by atoms with E-state index in [1.54, 1.807) is 12.1 Å². The van der Waals surface area contributed by atoms with E-state index < -0.39 is 0 Å². The molecule has 0 atom stereocenters. The van der Waals surface area contributed by atoms with Gasteiger partial charge >= 0.3 is 0 Å². The van der Waals surface area contributed by atoms with Crippen LogP contribution in [0.4, 0.5) is 0 Å². The summed E-state index contributed by atoms with van der Waals surface area (Å²) in [4.78, 5) is 26.6. The molecule has 1 N–H and O–H groups in total. The van der Waals surface area contributed by atoms with Crippen molar-refractivity contribution in [3.8, 4) is 22.5 Å². The minimum Gasteiger partial charge on any atom is -0.338 e. The summed E-state index contributed by atoms with van der Waals surface area (Å²) in [6.45, 7) is 2.01. The molecule has 0 aliphatic carbocycles. The van der Waals surface area contributed by atoms with Gasteiger partial charge in [0, 0.05) is 21.0 Å². The highest BCUT2D eigenvalue weighted by molar-refractivity contribution is 7.98. The van der Waals surface area contributed by atoms with E-state index in [0.717, 1.165) is 21.6 Å². The maximum absolute atomic E-state index is 12.9. The first-order valence-electron chi connectivity index (χ1n) is 9.38. The van der Waals surface area contributed by atoms with Gasteiger partial charge in [-0.1, -0.05) is 71.0 Å². The Morgan fingerprint density at radius 1 is 1.10 bits per heavy atom. The zero-order chi connectivity index (χ0) is 21.4. The van der Waals surface area contributed by atoms with E-state index in [1.807, 2.05) is 49.4 Å². The average Bonchev–Trinajstić information content (AvgIpc) is 3.37. The molecular weight excluding hydrogens is 452 g/mol. The smallest absolute Gasteiger partial charge is 0.260 e. The molecule has 0 saturated heterocycles. The van der Waals surface area contributed by atoms with Crippen LogP contribution in [0.25, 0.3) is 32.7 Å². The Morgan fingerprint density at radius 3 is 2.71 bits per heavy atom. The zero-order valence-corrected chi connectivity index (χ0v) is 18.6. The van der Waals surface area contributed by atoms with Gasteiger partial charge in [0.1, 0.15) is 4.83 Å². The molecule has 5 aromatic rings. The Bertz CT molecular complexity index is 1440. The van der Waals surface area contributed by atoms with Crippen molar-refractivity contribution in [2.24, 2.45) is 0 Å². The summed E-state index contributed by atoms with van der Waals surface area (Å²) < 4.78 is 5.34. The molecule has 2 aromatic carbocycles. The van der Waals surface area contributed by atoms with Crippen molar-refractivity contribution < 1.29 is 4.52 Å². The van der Waals surface area contributed by atoms with Crippen LogP contribution in [0.15, 0.2) is 69.1 Å². The number of rotatable bonds is 5. The van der Waals surface area contributed by atoms with Crippen molar-refractivity contribution in [3.63, 3.8) is 0 Å². The molecular formula is C22H15ClN4O2S2. The van der Waals surface area contributed by atoms with Gasteiger partial charge in [-0.2, -0.15) is 4.98 Å². The average molecular weight is 467 g/mol. The normalized spacial score (nSPS) is 11.3. The van der Waals surface area contributed by atoms with Gasteiger partial charge in [0.25, 0.3) is 5.56 Å². The molecule has 3 aromatic heterocycles. The molecule has 0 saturated carbocycles. The Hall–Kier alpha value is -2.94. The van der Waals surface area contributed by atoms with Crippen molar-refractivity contribution in [2.45, 2.75) is 17.8 Å². The largest absolute Gasteiger partial charge is 0.338 e. The first-order valence-corrected chi connectivity index (χ1v) is 11.6. The fourth-order valence-electron chi connectivity index (χ4n) is 3.31. The van der Waals surface area contributed by atoms with E-state index in [2.05, 4.69) is 20.1 Å². The lowest BCUT2D eigenvalue weighted by Crippen LogP contribution is -2.08. The highest BCUT2D eigenvalue weighted by Gasteiger charge is 2.17. The number of thioether (sulfide) groups is 1. The van der Waals surface area contributed by atoms with Crippen molar-refractivity contribution in [1.82, 2.24) is 20.1 Å². The summed E-state index contributed by atoms with van der Waals surface area (Å²) in [6, 6.07) is 17.2. The maximum atomic E-state index is 12.9. The van der Waals surface area contributed by atoms with Gasteiger partial charge in [-0.3, -0.25) is 4.79 Å². The van der Waals surface area contributed by atoms with Crippen molar-refractivity contribution in [3.05, 3.63) is 80.7 Å². The first kappa shape index (κ1) is 20.0. The standard InChI is InChI=1S/C22H15ClN4O2S2/c1-12-17(13-6-3-2-4-7-13)18-20(28)25-22(26-21(18)31-12)30-11-16-24-19(27-29-16)14-8-5-9-15(23)10-14/h2-10H,11H2,1H3,(H,25,26,28). The van der Waals surface area contributed by atoms with Crippen LogP contribution in [-0.4, -0.2) is 20.1 Å². The van der Waals surface area contributed by atoms with Gasteiger partial charge in [0.2, 0.25) is 11.7 Å². The number of aromatic nitrogens is 4. The number of nitrogens with zero attached hydrogens (tertiary/aromatic N) is 3. The summed E-state index contributed by atoms with van der Waals surface area (Å²) in [5, 5.41) is 5.75. The molecule has 9 heteroatoms. The molecule has 0 spiro atoms. The van der Waals surface area contributed by atoms with Crippen LogP contribution in [0.5, 0.6) is 0 Å². The Morgan fingerprint density at radius 2 is 1.90 bits per heavy atom. The number of thiophene rings is 1. The van der Waals surface area contributed by atoms with E-state index in [-0.39, 0.29) is 5.56 Å². The molecule has 3 heterocycles. The Kier molecular flexibility index (Phi) is 5.35. The number of halogens is 1. The number of hydrogen-bond donors (Lipinski definition) is 1. The highest BCUT2D eigenvalue weighted by atomic mass is 35.5. The topological polar surface area (TPSA) is 84.7 Å². The van der Waals surface area contributed by atoms with Gasteiger partial charge in [-0.25, -0.2) is 4.98 Å². The number of benzene rings is 2. The third-order valence-corrected chi connectivity index (χ3v) is 6.75. The SMILES string of the molecule is Cc1sc2nc(SCc3nc(-c4cccc(Cl)c4)no3)[nH]c(=O)c2c1-c1ccccc1. The van der Waals surface area contributed by atoms with Crippen LogP contribution in [-0.2, 0) is 5.75 Å². The highest BCUT2D eigenvalue weighted by Crippen LogP contribution is 2.36. The maximum Gasteiger partial charge on any atom is 0.260 e. The molecule has 0 amide bonds. The number of hydrogen-bond acceptors (Lipinski definition) is 7. The van der Waals surface area contributed by atoms with E-state index in [1.165, 1.54) is 23.1 Å². The summed E-state index contributed by atoms with van der Waals surface area (Å²) in [5.74, 6) is 1.30. The predicted octanol–water partition coefficient (Wildman–Crippen LogP) is 5.96. The number of aromatic amines is 1. The second-order valence-corrected chi connectivity index (χ2v) is 9.36. The van der Waals surface area contributed by atoms with Crippen molar-refractivity contribution >= 4 is 44.9 Å². The van der Waals surface area contributed by atoms with Crippen LogP contribution < -0.4 is 5.56 Å². The molecule has 0 radical (unpaired) electrons. The van der Waals surface area contributed by atoms with Crippen molar-refractivity contribution in [2.75, 3.05) is 0 Å². The summed E-state index contributed by atoms with van der Waals surface area (Å²) in [6.07, 6.45) is 0. The lowest BCUT2D eigenvalue weighted by molar-refractivity contribution is 0.391. The van der Waals surface area contributed by atoms with Crippen LogP contribution in [0, 0.1) is 6.92 Å². The predicted molar refractivity (Wildman–Crippen MR) is 125 cm³/mol. The molecule has 5 rings (SSSR count). The second kappa shape index (κ2) is 8.30. The monoisotopic (exact) mass is 466 g/mol. The van der Waals surface area contributed by atoms with Crippen LogP contribution in [0.1, 0.15) is 10.8 Å². The van der Waals surface area contributed by atoms with E-state index in [4.69, 9.17) is 16.1 Å². The van der Waals surface area contributed by atoms with E-state index in [9.17, 15) is 4.79 Å². The number of aryl methyl sites for hydroxylation is 1. The third kappa shape index (κ3) is 4.01. The number of fused-ring (bicyclic) bond motifs is 1. The molecule has 154 valence electrons. The van der Waals surface area contributed by atoms with Gasteiger partial charge in [0.05, 0.1) is 11.1 Å². The minimum absolute atomic E-state index is 0.152. The first-order chi connectivity index (χ1) is 15.1. The van der Waals surface area contributed by atoms with Crippen LogP contribution in [0.2, 0.25) is 5.02 Å². The van der Waals surface area contributed by atoms with Gasteiger partial charge in [-0.15, -0.1) is 11.3 Å². The molecule has 0 aliphatic rings. The molecule has 0 unspecified atom stereocenters. The third-order valence-electron chi connectivity index (χ3n) is 4.66. The Labute approximate surface area is 190 Å². The van der Waals surface area contributed by atoms with Gasteiger partial charge < -0.3 is 9.51 Å². The van der Waals surface area contributed by atoms with E-state index >= 15 is 0 Å². The quantitative estimate of drug-likeness (QED) is 0.254. The molecule has 0 fully saturated rings. The molecule has 0 aliphatic heterocycles. The molecule has 0 bridgehead atoms. The number of H-pyrrole nitrogens is 1. The Balaban J connectivity index is 1.40. The second-order valence-electron chi connectivity index (χ2n) is 6.76. The zero-order valence-electron chi connectivity index (χ0n) is 16.3. The minimum atomic E-state index is -0.152. The lowest BCUT2D eigenvalue weighted by atomic mass is 10.0. The fraction of sp³-hybridized carbons (Fsp3) is 0.0909. The molecule has 31 heavy (non-hydrogen) atoms. The van der Waals surface area contributed by atoms with Crippen LogP contribution in [0.3, 0.4) is 0 Å². The van der Waals surface area contributed by atoms with Crippen molar-refractivity contribution in [1.29, 1.82) is 0 Å². The summed E-state index contributed by atoms with van der Waals surface area (Å²) >= 11 is 8.89. The molecule has 6 nitrogen and oxygen atoms in total.